The normalized spacial score (nSPS) is 24.7. The maximum absolute atomic E-state index is 13.3. The van der Waals surface area contributed by atoms with E-state index in [4.69, 9.17) is 4.74 Å². The molecule has 1 aromatic carbocycles. The van der Waals surface area contributed by atoms with Crippen LogP contribution in [0.5, 0.6) is 0 Å². The van der Waals surface area contributed by atoms with Crippen molar-refractivity contribution in [3.8, 4) is 0 Å². The van der Waals surface area contributed by atoms with Gasteiger partial charge in [0.15, 0.2) is 12.3 Å². The third-order valence-electron chi connectivity index (χ3n) is 2.26. The molecule has 0 N–H and O–H groups in total. The third kappa shape index (κ3) is 2.57. The molecule has 0 radical (unpaired) electrons. The van der Waals surface area contributed by atoms with Gasteiger partial charge >= 0.3 is 5.97 Å². The average molecular weight is 218 g/mol. The van der Waals surface area contributed by atoms with Gasteiger partial charge in [0.1, 0.15) is 0 Å². The molecule has 0 amide bonds. The minimum atomic E-state index is -1.27. The molecule has 0 spiro atoms. The number of hydrogen-bond acceptors (Lipinski definition) is 2. The Morgan fingerprint density at radius 1 is 1.25 bits per heavy atom. The highest BCUT2D eigenvalue weighted by atomic mass is 19.1. The van der Waals surface area contributed by atoms with Crippen molar-refractivity contribution in [1.82, 2.24) is 0 Å². The summed E-state index contributed by atoms with van der Waals surface area (Å²) in [6, 6.07) is 9.46. The van der Waals surface area contributed by atoms with Gasteiger partial charge in [-0.1, -0.05) is 36.4 Å². The van der Waals surface area contributed by atoms with Gasteiger partial charge in [-0.25, -0.2) is 9.18 Å². The van der Waals surface area contributed by atoms with Gasteiger partial charge in [-0.2, -0.15) is 0 Å². The number of esters is 1. The van der Waals surface area contributed by atoms with Crippen LogP contribution in [-0.2, 0) is 9.53 Å². The largest absolute Gasteiger partial charge is 0.451 e. The van der Waals surface area contributed by atoms with Crippen LogP contribution in [0.3, 0.4) is 0 Å². The van der Waals surface area contributed by atoms with Gasteiger partial charge in [0.05, 0.1) is 0 Å². The van der Waals surface area contributed by atoms with Crippen LogP contribution in [0.2, 0.25) is 0 Å². The van der Waals surface area contributed by atoms with E-state index in [1.807, 2.05) is 30.3 Å². The summed E-state index contributed by atoms with van der Waals surface area (Å²) < 4.78 is 18.1. The Labute approximate surface area is 93.0 Å². The zero-order valence-corrected chi connectivity index (χ0v) is 8.55. The molecular weight excluding hydrogens is 207 g/mol. The molecule has 0 aromatic heterocycles. The van der Waals surface area contributed by atoms with E-state index in [9.17, 15) is 9.18 Å². The van der Waals surface area contributed by atoms with Crippen LogP contribution in [0, 0.1) is 0 Å². The number of hydrogen-bond donors (Lipinski definition) is 0. The lowest BCUT2D eigenvalue weighted by Gasteiger charge is -2.18. The van der Waals surface area contributed by atoms with Crippen molar-refractivity contribution in [2.45, 2.75) is 12.3 Å². The van der Waals surface area contributed by atoms with Crippen LogP contribution in [0.4, 0.5) is 4.39 Å². The van der Waals surface area contributed by atoms with Crippen molar-refractivity contribution < 1.29 is 13.9 Å². The smallest absolute Gasteiger partial charge is 0.331 e. The highest BCUT2D eigenvalue weighted by molar-refractivity contribution is 5.83. The number of rotatable bonds is 2. The summed E-state index contributed by atoms with van der Waals surface area (Å²) in [6.07, 6.45) is 3.53. The monoisotopic (exact) mass is 218 g/mol. The molecule has 82 valence electrons. The highest BCUT2D eigenvalue weighted by Crippen LogP contribution is 2.14. The summed E-state index contributed by atoms with van der Waals surface area (Å²) in [6.45, 7) is 0. The Bertz CT molecular complexity index is 423. The fourth-order valence-electron chi connectivity index (χ4n) is 1.43. The van der Waals surface area contributed by atoms with E-state index >= 15 is 0 Å². The molecule has 0 bridgehead atoms. The van der Waals surface area contributed by atoms with E-state index in [0.717, 1.165) is 11.6 Å². The van der Waals surface area contributed by atoms with E-state index < -0.39 is 18.2 Å². The first-order valence-corrected chi connectivity index (χ1v) is 5.02. The number of alkyl halides is 1. The first kappa shape index (κ1) is 10.6. The molecule has 1 aliphatic heterocycles. The number of cyclic esters (lactones) is 1. The van der Waals surface area contributed by atoms with Crippen molar-refractivity contribution in [2.24, 2.45) is 0 Å². The minimum Gasteiger partial charge on any atom is -0.451 e. The highest BCUT2D eigenvalue weighted by Gasteiger charge is 2.23. The Hall–Kier alpha value is -1.90. The van der Waals surface area contributed by atoms with Crippen LogP contribution in [-0.4, -0.2) is 18.2 Å². The topological polar surface area (TPSA) is 26.3 Å². The molecule has 1 aromatic rings. The Balaban J connectivity index is 2.07. The second-order valence-corrected chi connectivity index (χ2v) is 3.47. The first-order chi connectivity index (χ1) is 7.75. The quantitative estimate of drug-likeness (QED) is 0.713. The summed E-state index contributed by atoms with van der Waals surface area (Å²) in [5.41, 5.74) is 0.945. The van der Waals surface area contributed by atoms with Crippen LogP contribution in [0.1, 0.15) is 5.56 Å². The number of ether oxygens (including phenoxy) is 1. The zero-order valence-electron chi connectivity index (χ0n) is 8.55. The van der Waals surface area contributed by atoms with Gasteiger partial charge in [0.25, 0.3) is 0 Å². The Morgan fingerprint density at radius 2 is 2.00 bits per heavy atom. The maximum Gasteiger partial charge on any atom is 0.331 e. The van der Waals surface area contributed by atoms with Gasteiger partial charge in [-0.3, -0.25) is 0 Å². The molecular formula is C13H11FO2. The Kier molecular flexibility index (Phi) is 3.15. The lowest BCUT2D eigenvalue weighted by Crippen LogP contribution is -2.28. The summed E-state index contributed by atoms with van der Waals surface area (Å²) in [5.74, 6) is -0.503. The molecule has 2 nitrogen and oxygen atoms in total. The predicted molar refractivity (Wildman–Crippen MR) is 59.4 cm³/mol. The molecule has 3 heteroatoms. The van der Waals surface area contributed by atoms with E-state index in [-0.39, 0.29) is 0 Å². The van der Waals surface area contributed by atoms with Crippen molar-refractivity contribution in [1.29, 1.82) is 0 Å². The SMILES string of the molecule is O=C1C=C[C@H](F)[C@@H](/C=C/c2ccccc2)O1. The second kappa shape index (κ2) is 4.75. The maximum atomic E-state index is 13.3. The van der Waals surface area contributed by atoms with Crippen LogP contribution in [0.25, 0.3) is 6.08 Å². The Morgan fingerprint density at radius 3 is 2.75 bits per heavy atom. The lowest BCUT2D eigenvalue weighted by atomic mass is 10.1. The molecule has 0 saturated carbocycles. The van der Waals surface area contributed by atoms with Gasteiger partial charge < -0.3 is 4.74 Å². The van der Waals surface area contributed by atoms with Crippen molar-refractivity contribution in [3.05, 3.63) is 54.1 Å². The molecule has 2 rings (SSSR count). The van der Waals surface area contributed by atoms with Crippen LogP contribution in [0.15, 0.2) is 48.6 Å². The predicted octanol–water partition coefficient (Wildman–Crippen LogP) is 2.52. The summed E-state index contributed by atoms with van der Waals surface area (Å²) in [7, 11) is 0. The molecule has 0 saturated heterocycles. The lowest BCUT2D eigenvalue weighted by molar-refractivity contribution is -0.144. The average Bonchev–Trinajstić information content (AvgIpc) is 2.32. The second-order valence-electron chi connectivity index (χ2n) is 3.47. The van der Waals surface area contributed by atoms with Crippen molar-refractivity contribution >= 4 is 12.0 Å². The third-order valence-corrected chi connectivity index (χ3v) is 2.26. The van der Waals surface area contributed by atoms with E-state index in [2.05, 4.69) is 0 Å². The van der Waals surface area contributed by atoms with E-state index in [0.29, 0.717) is 0 Å². The molecule has 16 heavy (non-hydrogen) atoms. The van der Waals surface area contributed by atoms with E-state index in [1.165, 1.54) is 6.08 Å². The van der Waals surface area contributed by atoms with Gasteiger partial charge in [0, 0.05) is 6.08 Å². The molecule has 0 unspecified atom stereocenters. The number of carbonyl (C=O) groups excluding carboxylic acids is 1. The van der Waals surface area contributed by atoms with Crippen molar-refractivity contribution in [2.75, 3.05) is 0 Å². The summed E-state index contributed by atoms with van der Waals surface area (Å²) in [5, 5.41) is 0. The molecule has 0 fully saturated rings. The molecule has 0 aliphatic carbocycles. The fraction of sp³-hybridized carbons (Fsp3) is 0.154. The summed E-state index contributed by atoms with van der Waals surface area (Å²) >= 11 is 0. The van der Waals surface area contributed by atoms with E-state index in [1.54, 1.807) is 12.2 Å². The van der Waals surface area contributed by atoms with Crippen molar-refractivity contribution in [3.63, 3.8) is 0 Å². The van der Waals surface area contributed by atoms with Gasteiger partial charge in [0.2, 0.25) is 0 Å². The van der Waals surface area contributed by atoms with Gasteiger partial charge in [-0.05, 0) is 17.7 Å². The first-order valence-electron chi connectivity index (χ1n) is 5.02. The summed E-state index contributed by atoms with van der Waals surface area (Å²) in [4.78, 5) is 10.9. The standard InChI is InChI=1S/C13H11FO2/c14-11-7-9-13(15)16-12(11)8-6-10-4-2-1-3-5-10/h1-9,11-12H/b8-6+/t11-,12+/m0/s1. The number of halogens is 1. The zero-order chi connectivity index (χ0) is 11.4. The molecule has 1 heterocycles. The molecule has 1 aliphatic rings. The van der Waals surface area contributed by atoms with Crippen LogP contribution < -0.4 is 0 Å². The fourth-order valence-corrected chi connectivity index (χ4v) is 1.43. The number of benzene rings is 1. The molecule has 2 atom stereocenters. The van der Waals surface area contributed by atoms with Crippen LogP contribution >= 0.6 is 0 Å². The number of carbonyl (C=O) groups is 1. The van der Waals surface area contributed by atoms with Gasteiger partial charge in [-0.15, -0.1) is 0 Å². The minimum absolute atomic E-state index is 0.503.